The molecule has 0 atom stereocenters. The van der Waals surface area contributed by atoms with Crippen molar-refractivity contribution in [2.75, 3.05) is 0 Å². The van der Waals surface area contributed by atoms with Crippen molar-refractivity contribution < 1.29 is 9.53 Å². The van der Waals surface area contributed by atoms with Gasteiger partial charge in [0.2, 0.25) is 0 Å². The second-order valence-electron chi connectivity index (χ2n) is 4.28. The maximum Gasteiger partial charge on any atom is 0.419 e. The first kappa shape index (κ1) is 10.8. The van der Waals surface area contributed by atoms with Crippen molar-refractivity contribution in [3.05, 3.63) is 17.7 Å². The first-order chi connectivity index (χ1) is 6.29. The summed E-state index contributed by atoms with van der Waals surface area (Å²) in [5.41, 5.74) is 0.343. The molecule has 1 heterocycles. The summed E-state index contributed by atoms with van der Waals surface area (Å²) in [5.74, 6) is 0.650. The fourth-order valence-electron chi connectivity index (χ4n) is 1.11. The highest BCUT2D eigenvalue weighted by Crippen LogP contribution is 2.10. The number of rotatable bonds is 0. The van der Waals surface area contributed by atoms with Gasteiger partial charge in [0.25, 0.3) is 0 Å². The van der Waals surface area contributed by atoms with Crippen LogP contribution in [0.3, 0.4) is 0 Å². The first-order valence-corrected chi connectivity index (χ1v) is 4.55. The third-order valence-corrected chi connectivity index (χ3v) is 1.59. The van der Waals surface area contributed by atoms with Crippen LogP contribution >= 0.6 is 0 Å². The average Bonchev–Trinajstić information content (AvgIpc) is 2.26. The second kappa shape index (κ2) is 3.44. The van der Waals surface area contributed by atoms with Gasteiger partial charge in [0, 0.05) is 6.20 Å². The van der Waals surface area contributed by atoms with E-state index in [-0.39, 0.29) is 6.09 Å². The zero-order chi connectivity index (χ0) is 10.9. The first-order valence-electron chi connectivity index (χ1n) is 4.55. The summed E-state index contributed by atoms with van der Waals surface area (Å²) < 4.78 is 6.62. The Bertz CT molecular complexity index is 347. The number of imidazole rings is 1. The number of hydrogen-bond donors (Lipinski definition) is 0. The van der Waals surface area contributed by atoms with Gasteiger partial charge < -0.3 is 4.74 Å². The highest BCUT2D eigenvalue weighted by Gasteiger charge is 2.19. The van der Waals surface area contributed by atoms with E-state index in [0.29, 0.717) is 5.82 Å². The van der Waals surface area contributed by atoms with Crippen LogP contribution in [-0.2, 0) is 4.74 Å². The predicted molar refractivity (Wildman–Crippen MR) is 53.3 cm³/mol. The number of aromatic nitrogens is 2. The van der Waals surface area contributed by atoms with Gasteiger partial charge in [-0.15, -0.1) is 0 Å². The fourth-order valence-corrected chi connectivity index (χ4v) is 1.11. The molecular weight excluding hydrogens is 180 g/mol. The van der Waals surface area contributed by atoms with Crippen LogP contribution in [-0.4, -0.2) is 21.2 Å². The summed E-state index contributed by atoms with van der Waals surface area (Å²) in [6.45, 7) is 9.13. The van der Waals surface area contributed by atoms with Gasteiger partial charge in [0.1, 0.15) is 11.4 Å². The third kappa shape index (κ3) is 2.58. The van der Waals surface area contributed by atoms with Gasteiger partial charge in [-0.3, -0.25) is 0 Å². The van der Waals surface area contributed by atoms with E-state index in [2.05, 4.69) is 4.98 Å². The maximum absolute atomic E-state index is 11.6. The standard InChI is InChI=1S/C10H16N2O2/c1-7-6-12(8(2)11-7)9(13)14-10(3,4)5/h6H,1-5H3. The molecule has 0 saturated carbocycles. The molecule has 0 N–H and O–H groups in total. The molecule has 4 nitrogen and oxygen atoms in total. The molecule has 1 aromatic heterocycles. The summed E-state index contributed by atoms with van der Waals surface area (Å²) in [5, 5.41) is 0. The van der Waals surface area contributed by atoms with Crippen LogP contribution in [0.15, 0.2) is 6.20 Å². The Morgan fingerprint density at radius 2 is 2.00 bits per heavy atom. The Morgan fingerprint density at radius 3 is 2.36 bits per heavy atom. The van der Waals surface area contributed by atoms with E-state index in [1.54, 1.807) is 13.1 Å². The van der Waals surface area contributed by atoms with Gasteiger partial charge in [-0.1, -0.05) is 0 Å². The smallest absolute Gasteiger partial charge is 0.419 e. The van der Waals surface area contributed by atoms with Crippen molar-refractivity contribution in [3.63, 3.8) is 0 Å². The van der Waals surface area contributed by atoms with Crippen LogP contribution in [0.4, 0.5) is 4.79 Å². The molecule has 0 fully saturated rings. The number of carbonyl (C=O) groups excluding carboxylic acids is 1. The highest BCUT2D eigenvalue weighted by atomic mass is 16.6. The summed E-state index contributed by atoms with van der Waals surface area (Å²) >= 11 is 0. The molecule has 4 heteroatoms. The van der Waals surface area contributed by atoms with Crippen LogP contribution in [0.1, 0.15) is 32.3 Å². The van der Waals surface area contributed by atoms with Crippen LogP contribution < -0.4 is 0 Å². The van der Waals surface area contributed by atoms with Gasteiger partial charge in [-0.25, -0.2) is 14.3 Å². The van der Waals surface area contributed by atoms with Crippen molar-refractivity contribution in [3.8, 4) is 0 Å². The summed E-state index contributed by atoms with van der Waals surface area (Å²) in [6, 6.07) is 0. The fraction of sp³-hybridized carbons (Fsp3) is 0.600. The van der Waals surface area contributed by atoms with E-state index >= 15 is 0 Å². The number of carbonyl (C=O) groups is 1. The van der Waals surface area contributed by atoms with E-state index in [9.17, 15) is 4.79 Å². The summed E-state index contributed by atoms with van der Waals surface area (Å²) in [4.78, 5) is 15.7. The average molecular weight is 196 g/mol. The summed E-state index contributed by atoms with van der Waals surface area (Å²) in [6.07, 6.45) is 1.29. The zero-order valence-corrected chi connectivity index (χ0v) is 9.29. The van der Waals surface area contributed by atoms with Gasteiger partial charge in [0.15, 0.2) is 0 Å². The molecule has 0 aliphatic rings. The monoisotopic (exact) mass is 196 g/mol. The zero-order valence-electron chi connectivity index (χ0n) is 9.29. The van der Waals surface area contributed by atoms with Crippen molar-refractivity contribution in [2.24, 2.45) is 0 Å². The Kier molecular flexibility index (Phi) is 2.64. The number of ether oxygens (including phenoxy) is 1. The van der Waals surface area contributed by atoms with E-state index in [0.717, 1.165) is 5.69 Å². The molecule has 0 aliphatic carbocycles. The van der Waals surface area contributed by atoms with Gasteiger partial charge in [-0.2, -0.15) is 0 Å². The van der Waals surface area contributed by atoms with Gasteiger partial charge in [0.05, 0.1) is 5.69 Å². The quantitative estimate of drug-likeness (QED) is 0.639. The van der Waals surface area contributed by atoms with Crippen LogP contribution in [0.2, 0.25) is 0 Å². The Balaban J connectivity index is 2.85. The SMILES string of the molecule is Cc1cn(C(=O)OC(C)(C)C)c(C)n1. The number of nitrogens with zero attached hydrogens (tertiary/aromatic N) is 2. The molecule has 0 aliphatic heterocycles. The maximum atomic E-state index is 11.6. The third-order valence-electron chi connectivity index (χ3n) is 1.59. The van der Waals surface area contributed by atoms with Crippen LogP contribution in [0.5, 0.6) is 0 Å². The van der Waals surface area contributed by atoms with E-state index < -0.39 is 5.60 Å². The van der Waals surface area contributed by atoms with Crippen LogP contribution in [0.25, 0.3) is 0 Å². The molecule has 1 aromatic rings. The molecule has 0 unspecified atom stereocenters. The molecule has 0 amide bonds. The van der Waals surface area contributed by atoms with Gasteiger partial charge >= 0.3 is 6.09 Å². The lowest BCUT2D eigenvalue weighted by Gasteiger charge is -2.19. The molecule has 0 bridgehead atoms. The van der Waals surface area contributed by atoms with E-state index in [1.807, 2.05) is 27.7 Å². The second-order valence-corrected chi connectivity index (χ2v) is 4.28. The lowest BCUT2D eigenvalue weighted by Crippen LogP contribution is -2.27. The minimum Gasteiger partial charge on any atom is -0.443 e. The summed E-state index contributed by atoms with van der Waals surface area (Å²) in [7, 11) is 0. The van der Waals surface area contributed by atoms with Gasteiger partial charge in [-0.05, 0) is 34.6 Å². The minimum absolute atomic E-state index is 0.379. The van der Waals surface area contributed by atoms with Crippen molar-refractivity contribution in [2.45, 2.75) is 40.2 Å². The number of hydrogen-bond acceptors (Lipinski definition) is 3. The lowest BCUT2D eigenvalue weighted by molar-refractivity contribution is 0.0533. The lowest BCUT2D eigenvalue weighted by atomic mass is 10.2. The molecule has 0 saturated heterocycles. The molecule has 14 heavy (non-hydrogen) atoms. The normalized spacial score (nSPS) is 11.5. The molecule has 78 valence electrons. The van der Waals surface area contributed by atoms with E-state index in [4.69, 9.17) is 4.74 Å². The van der Waals surface area contributed by atoms with Crippen molar-refractivity contribution >= 4 is 6.09 Å². The topological polar surface area (TPSA) is 44.1 Å². The van der Waals surface area contributed by atoms with Crippen molar-refractivity contribution in [1.29, 1.82) is 0 Å². The highest BCUT2D eigenvalue weighted by molar-refractivity contribution is 5.71. The largest absolute Gasteiger partial charge is 0.443 e. The Hall–Kier alpha value is -1.32. The Labute approximate surface area is 83.9 Å². The van der Waals surface area contributed by atoms with Crippen LogP contribution in [0, 0.1) is 13.8 Å². The molecular formula is C10H16N2O2. The number of aryl methyl sites for hydroxylation is 2. The molecule has 1 rings (SSSR count). The predicted octanol–water partition coefficient (Wildman–Crippen LogP) is 2.28. The van der Waals surface area contributed by atoms with Crippen molar-refractivity contribution in [1.82, 2.24) is 9.55 Å². The molecule has 0 spiro atoms. The molecule has 0 aromatic carbocycles. The van der Waals surface area contributed by atoms with E-state index in [1.165, 1.54) is 4.57 Å². The Morgan fingerprint density at radius 1 is 1.43 bits per heavy atom. The minimum atomic E-state index is -0.471. The molecule has 0 radical (unpaired) electrons.